The van der Waals surface area contributed by atoms with Crippen LogP contribution in [0.1, 0.15) is 26.7 Å². The van der Waals surface area contributed by atoms with Gasteiger partial charge in [-0.15, -0.1) is 0 Å². The number of hydrogen-bond donors (Lipinski definition) is 2. The summed E-state index contributed by atoms with van der Waals surface area (Å²) in [7, 11) is 0. The number of hydrogen-bond acceptors (Lipinski definition) is 5. The van der Waals surface area contributed by atoms with Crippen molar-refractivity contribution in [2.45, 2.75) is 33.2 Å². The third-order valence-electron chi connectivity index (χ3n) is 2.92. The van der Waals surface area contributed by atoms with Gasteiger partial charge in [0.05, 0.1) is 11.9 Å². The summed E-state index contributed by atoms with van der Waals surface area (Å²) >= 11 is 0. The number of amides is 1. The van der Waals surface area contributed by atoms with Gasteiger partial charge in [0.25, 0.3) is 5.56 Å². The summed E-state index contributed by atoms with van der Waals surface area (Å²) in [6.45, 7) is 6.13. The van der Waals surface area contributed by atoms with Crippen LogP contribution in [-0.4, -0.2) is 28.8 Å². The third kappa shape index (κ3) is 4.36. The SMILES string of the molecule is CCN(CC)c1cnn(CCCC(=O)NN)c(=O)c1. The molecule has 0 bridgehead atoms. The van der Waals surface area contributed by atoms with Crippen molar-refractivity contribution in [2.75, 3.05) is 18.0 Å². The Morgan fingerprint density at radius 2 is 2.16 bits per heavy atom. The van der Waals surface area contributed by atoms with Crippen LogP contribution in [0.5, 0.6) is 0 Å². The normalized spacial score (nSPS) is 10.3. The highest BCUT2D eigenvalue weighted by Gasteiger charge is 2.06. The van der Waals surface area contributed by atoms with Crippen molar-refractivity contribution in [1.29, 1.82) is 0 Å². The van der Waals surface area contributed by atoms with E-state index in [-0.39, 0.29) is 17.9 Å². The molecule has 0 radical (unpaired) electrons. The highest BCUT2D eigenvalue weighted by atomic mass is 16.2. The van der Waals surface area contributed by atoms with Crippen molar-refractivity contribution in [3.05, 3.63) is 22.6 Å². The number of rotatable bonds is 7. The number of anilines is 1. The number of nitrogens with two attached hydrogens (primary N) is 1. The number of hydrazine groups is 1. The van der Waals surface area contributed by atoms with Crippen LogP contribution in [0.4, 0.5) is 5.69 Å². The van der Waals surface area contributed by atoms with Gasteiger partial charge in [-0.25, -0.2) is 10.5 Å². The topological polar surface area (TPSA) is 93.2 Å². The lowest BCUT2D eigenvalue weighted by Crippen LogP contribution is -2.31. The predicted molar refractivity (Wildman–Crippen MR) is 73.6 cm³/mol. The van der Waals surface area contributed by atoms with E-state index in [2.05, 4.69) is 15.4 Å². The zero-order chi connectivity index (χ0) is 14.3. The maximum atomic E-state index is 11.9. The molecular formula is C12H21N5O2. The van der Waals surface area contributed by atoms with E-state index in [0.717, 1.165) is 18.8 Å². The molecule has 1 heterocycles. The number of nitrogens with zero attached hydrogens (tertiary/aromatic N) is 3. The van der Waals surface area contributed by atoms with Gasteiger partial charge in [-0.05, 0) is 20.3 Å². The Morgan fingerprint density at radius 1 is 1.47 bits per heavy atom. The highest BCUT2D eigenvalue weighted by molar-refractivity contribution is 5.75. The van der Waals surface area contributed by atoms with Gasteiger partial charge in [0.2, 0.25) is 5.91 Å². The Bertz CT molecular complexity index is 467. The standard InChI is InChI=1S/C12H21N5O2/c1-3-16(4-2)10-8-12(19)17(14-9-10)7-5-6-11(18)15-13/h8-9H,3-7,13H2,1-2H3,(H,15,18). The van der Waals surface area contributed by atoms with Crippen molar-refractivity contribution in [1.82, 2.24) is 15.2 Å². The zero-order valence-corrected chi connectivity index (χ0v) is 11.4. The number of carbonyl (C=O) groups is 1. The first-order valence-corrected chi connectivity index (χ1v) is 6.43. The molecular weight excluding hydrogens is 246 g/mol. The molecule has 0 aromatic carbocycles. The number of aryl methyl sites for hydroxylation is 1. The van der Waals surface area contributed by atoms with Gasteiger partial charge in [0.15, 0.2) is 0 Å². The Kier molecular flexibility index (Phi) is 6.01. The van der Waals surface area contributed by atoms with Crippen LogP contribution in [0.2, 0.25) is 0 Å². The van der Waals surface area contributed by atoms with E-state index in [1.54, 1.807) is 12.3 Å². The van der Waals surface area contributed by atoms with Crippen LogP contribution in [0.25, 0.3) is 0 Å². The lowest BCUT2D eigenvalue weighted by molar-refractivity contribution is -0.121. The number of nitrogens with one attached hydrogen (secondary N) is 1. The van der Waals surface area contributed by atoms with E-state index >= 15 is 0 Å². The molecule has 0 saturated heterocycles. The van der Waals surface area contributed by atoms with Crippen LogP contribution in [0.15, 0.2) is 17.1 Å². The Balaban J connectivity index is 2.67. The molecule has 0 fully saturated rings. The van der Waals surface area contributed by atoms with Gasteiger partial charge in [-0.1, -0.05) is 0 Å². The lowest BCUT2D eigenvalue weighted by Gasteiger charge is -2.20. The van der Waals surface area contributed by atoms with Crippen molar-refractivity contribution >= 4 is 11.6 Å². The van der Waals surface area contributed by atoms with Gasteiger partial charge >= 0.3 is 0 Å². The molecule has 106 valence electrons. The lowest BCUT2D eigenvalue weighted by atomic mass is 10.3. The van der Waals surface area contributed by atoms with Crippen molar-refractivity contribution in [3.63, 3.8) is 0 Å². The quantitative estimate of drug-likeness (QED) is 0.407. The van der Waals surface area contributed by atoms with Crippen LogP contribution in [0, 0.1) is 0 Å². The number of aromatic nitrogens is 2. The molecule has 3 N–H and O–H groups in total. The largest absolute Gasteiger partial charge is 0.371 e. The molecule has 1 rings (SSSR count). The minimum absolute atomic E-state index is 0.155. The first kappa shape index (κ1) is 15.2. The fourth-order valence-electron chi connectivity index (χ4n) is 1.82. The molecule has 7 nitrogen and oxygen atoms in total. The Labute approximate surface area is 112 Å². The van der Waals surface area contributed by atoms with Crippen LogP contribution < -0.4 is 21.7 Å². The molecule has 0 spiro atoms. The fraction of sp³-hybridized carbons (Fsp3) is 0.583. The maximum Gasteiger partial charge on any atom is 0.268 e. The second-order valence-corrected chi connectivity index (χ2v) is 4.12. The van der Waals surface area contributed by atoms with Crippen molar-refractivity contribution < 1.29 is 4.79 Å². The summed E-state index contributed by atoms with van der Waals surface area (Å²) < 4.78 is 1.36. The van der Waals surface area contributed by atoms with Crippen LogP contribution in [-0.2, 0) is 11.3 Å². The second-order valence-electron chi connectivity index (χ2n) is 4.12. The van der Waals surface area contributed by atoms with Crippen LogP contribution >= 0.6 is 0 Å². The summed E-state index contributed by atoms with van der Waals surface area (Å²) in [5.41, 5.74) is 2.72. The fourth-order valence-corrected chi connectivity index (χ4v) is 1.82. The molecule has 19 heavy (non-hydrogen) atoms. The molecule has 1 aromatic rings. The van der Waals surface area contributed by atoms with E-state index in [0.29, 0.717) is 13.0 Å². The van der Waals surface area contributed by atoms with E-state index in [9.17, 15) is 9.59 Å². The first-order chi connectivity index (χ1) is 9.12. The second kappa shape index (κ2) is 7.52. The van der Waals surface area contributed by atoms with Gasteiger partial charge in [-0.2, -0.15) is 5.10 Å². The molecule has 0 saturated carbocycles. The third-order valence-corrected chi connectivity index (χ3v) is 2.92. The molecule has 0 aliphatic heterocycles. The highest BCUT2D eigenvalue weighted by Crippen LogP contribution is 2.08. The molecule has 0 aliphatic rings. The molecule has 0 aliphatic carbocycles. The van der Waals surface area contributed by atoms with E-state index in [1.165, 1.54) is 4.68 Å². The first-order valence-electron chi connectivity index (χ1n) is 6.43. The smallest absolute Gasteiger partial charge is 0.268 e. The Morgan fingerprint density at radius 3 is 2.68 bits per heavy atom. The summed E-state index contributed by atoms with van der Waals surface area (Å²) in [5.74, 6) is 4.73. The minimum atomic E-state index is -0.243. The van der Waals surface area contributed by atoms with E-state index < -0.39 is 0 Å². The van der Waals surface area contributed by atoms with Crippen LogP contribution in [0.3, 0.4) is 0 Å². The molecule has 7 heteroatoms. The molecule has 0 unspecified atom stereocenters. The monoisotopic (exact) mass is 267 g/mol. The molecule has 1 amide bonds. The molecule has 0 atom stereocenters. The van der Waals surface area contributed by atoms with Gasteiger partial charge in [0.1, 0.15) is 0 Å². The van der Waals surface area contributed by atoms with E-state index in [4.69, 9.17) is 5.84 Å². The average molecular weight is 267 g/mol. The summed E-state index contributed by atoms with van der Waals surface area (Å²) in [6, 6.07) is 1.57. The average Bonchev–Trinajstić information content (AvgIpc) is 2.42. The molecule has 1 aromatic heterocycles. The van der Waals surface area contributed by atoms with E-state index in [1.807, 2.05) is 13.8 Å². The van der Waals surface area contributed by atoms with Crippen molar-refractivity contribution in [2.24, 2.45) is 5.84 Å². The zero-order valence-electron chi connectivity index (χ0n) is 11.4. The van der Waals surface area contributed by atoms with Gasteiger partial charge in [-0.3, -0.25) is 15.0 Å². The Hall–Kier alpha value is -1.89. The number of carbonyl (C=O) groups excluding carboxylic acids is 1. The maximum absolute atomic E-state index is 11.9. The minimum Gasteiger partial charge on any atom is -0.371 e. The predicted octanol–water partition coefficient (Wildman–Crippen LogP) is -0.140. The summed E-state index contributed by atoms with van der Waals surface area (Å²) in [6.07, 6.45) is 2.49. The van der Waals surface area contributed by atoms with Gasteiger partial charge in [0, 0.05) is 32.1 Å². The summed E-state index contributed by atoms with van der Waals surface area (Å²) in [5, 5.41) is 4.12. The van der Waals surface area contributed by atoms with Crippen molar-refractivity contribution in [3.8, 4) is 0 Å². The summed E-state index contributed by atoms with van der Waals surface area (Å²) in [4.78, 5) is 24.9. The van der Waals surface area contributed by atoms with Gasteiger partial charge < -0.3 is 4.90 Å².